The molecule has 0 bridgehead atoms. The van der Waals surface area contributed by atoms with Crippen LogP contribution in [-0.2, 0) is 18.0 Å². The molecule has 0 fully saturated rings. The minimum absolute atomic E-state index is 0.621. The average molecular weight is 201 g/mol. The van der Waals surface area contributed by atoms with Crippen molar-refractivity contribution in [3.8, 4) is 0 Å². The van der Waals surface area contributed by atoms with E-state index >= 15 is 0 Å². The van der Waals surface area contributed by atoms with Crippen molar-refractivity contribution in [3.05, 3.63) is 22.2 Å². The van der Waals surface area contributed by atoms with Crippen molar-refractivity contribution in [2.24, 2.45) is 0 Å². The molecule has 0 radical (unpaired) electrons. The monoisotopic (exact) mass is 200 g/mol. The summed E-state index contributed by atoms with van der Waals surface area (Å²) in [5.74, 6) is 0. The molecule has 0 aromatic carbocycles. The summed E-state index contributed by atoms with van der Waals surface area (Å²) in [7, 11) is 0. The lowest BCUT2D eigenvalue weighted by atomic mass is 10.3. The van der Waals surface area contributed by atoms with Crippen LogP contribution in [0.25, 0.3) is 0 Å². The minimum Gasteiger partial charge on any atom is -0.370 e. The Bertz CT molecular complexity index is 264. The van der Waals surface area contributed by atoms with Crippen LogP contribution in [0.15, 0.2) is 10.9 Å². The number of hydrogen-bond donors (Lipinski definition) is 0. The zero-order chi connectivity index (χ0) is 6.97. The Morgan fingerprint density at radius 2 is 2.40 bits per heavy atom. The number of fused-ring (bicyclic) bond motifs is 1. The van der Waals surface area contributed by atoms with Gasteiger partial charge in [0.25, 0.3) is 0 Å². The summed E-state index contributed by atoms with van der Waals surface area (Å²) in [5.41, 5.74) is 2.10. The van der Waals surface area contributed by atoms with E-state index in [-0.39, 0.29) is 0 Å². The van der Waals surface area contributed by atoms with Crippen LogP contribution in [0.3, 0.4) is 0 Å². The second-order valence-corrected chi connectivity index (χ2v) is 2.81. The second-order valence-electron chi connectivity index (χ2n) is 2.10. The molecular weight excluding hydrogens is 196 g/mol. The molecule has 0 saturated heterocycles. The number of nitrogens with zero attached hydrogens (tertiary/aromatic N) is 2. The van der Waals surface area contributed by atoms with E-state index in [0.717, 1.165) is 11.3 Å². The van der Waals surface area contributed by atoms with Crippen LogP contribution < -0.4 is 0 Å². The minimum atomic E-state index is 0.621. The van der Waals surface area contributed by atoms with Crippen molar-refractivity contribution in [1.29, 1.82) is 0 Å². The SMILES string of the molecule is Brc1ncc2c(n1)COC2. The first-order valence-electron chi connectivity index (χ1n) is 2.94. The van der Waals surface area contributed by atoms with E-state index in [2.05, 4.69) is 25.9 Å². The molecule has 0 spiro atoms. The van der Waals surface area contributed by atoms with E-state index in [1.165, 1.54) is 0 Å². The van der Waals surface area contributed by atoms with Crippen LogP contribution in [0.1, 0.15) is 11.3 Å². The fourth-order valence-electron chi connectivity index (χ4n) is 0.921. The van der Waals surface area contributed by atoms with Gasteiger partial charge < -0.3 is 4.74 Å². The third kappa shape index (κ3) is 0.932. The van der Waals surface area contributed by atoms with E-state index in [0.29, 0.717) is 17.9 Å². The summed E-state index contributed by atoms with van der Waals surface area (Å²) in [6.45, 7) is 1.28. The smallest absolute Gasteiger partial charge is 0.196 e. The van der Waals surface area contributed by atoms with Gasteiger partial charge in [0, 0.05) is 11.8 Å². The van der Waals surface area contributed by atoms with Gasteiger partial charge in [0.05, 0.1) is 18.9 Å². The highest BCUT2D eigenvalue weighted by Crippen LogP contribution is 2.17. The van der Waals surface area contributed by atoms with E-state index < -0.39 is 0 Å². The molecule has 2 heterocycles. The number of halogens is 1. The lowest BCUT2D eigenvalue weighted by molar-refractivity contribution is 0.133. The highest BCUT2D eigenvalue weighted by molar-refractivity contribution is 9.10. The van der Waals surface area contributed by atoms with Gasteiger partial charge >= 0.3 is 0 Å². The predicted octanol–water partition coefficient (Wildman–Crippen LogP) is 1.27. The Labute approximate surface area is 66.6 Å². The van der Waals surface area contributed by atoms with Gasteiger partial charge in [-0.15, -0.1) is 0 Å². The quantitative estimate of drug-likeness (QED) is 0.593. The molecular formula is C6H5BrN2O. The third-order valence-corrected chi connectivity index (χ3v) is 1.80. The summed E-state index contributed by atoms with van der Waals surface area (Å²) in [6.07, 6.45) is 1.79. The first-order valence-corrected chi connectivity index (χ1v) is 3.73. The maximum Gasteiger partial charge on any atom is 0.196 e. The Kier molecular flexibility index (Phi) is 1.43. The van der Waals surface area contributed by atoms with Crippen LogP contribution in [0.5, 0.6) is 0 Å². The van der Waals surface area contributed by atoms with Gasteiger partial charge in [-0.3, -0.25) is 0 Å². The first kappa shape index (κ1) is 6.24. The molecule has 0 amide bonds. The van der Waals surface area contributed by atoms with Crippen LogP contribution in [0, 0.1) is 0 Å². The second kappa shape index (κ2) is 2.29. The van der Waals surface area contributed by atoms with Crippen molar-refractivity contribution in [1.82, 2.24) is 9.97 Å². The standard InChI is InChI=1S/C6H5BrN2O/c7-6-8-1-4-2-10-3-5(4)9-6/h1H,2-3H2. The zero-order valence-corrected chi connectivity index (χ0v) is 6.76. The van der Waals surface area contributed by atoms with Gasteiger partial charge in [-0.05, 0) is 15.9 Å². The summed E-state index contributed by atoms with van der Waals surface area (Å²) >= 11 is 3.19. The molecule has 1 aliphatic rings. The number of hydrogen-bond acceptors (Lipinski definition) is 3. The lowest BCUT2D eigenvalue weighted by Gasteiger charge is -1.92. The molecule has 0 aliphatic carbocycles. The van der Waals surface area contributed by atoms with Crippen molar-refractivity contribution in [2.45, 2.75) is 13.2 Å². The Hall–Kier alpha value is -0.480. The molecule has 2 rings (SSSR count). The van der Waals surface area contributed by atoms with E-state index in [1.54, 1.807) is 6.20 Å². The van der Waals surface area contributed by atoms with Gasteiger partial charge in [0.2, 0.25) is 0 Å². The number of aromatic nitrogens is 2. The molecule has 52 valence electrons. The van der Waals surface area contributed by atoms with Gasteiger partial charge in [-0.25, -0.2) is 9.97 Å². The molecule has 4 heteroatoms. The van der Waals surface area contributed by atoms with Gasteiger partial charge in [0.1, 0.15) is 0 Å². The Morgan fingerprint density at radius 3 is 3.30 bits per heavy atom. The maximum atomic E-state index is 5.15. The highest BCUT2D eigenvalue weighted by atomic mass is 79.9. The van der Waals surface area contributed by atoms with Crippen LogP contribution in [0.4, 0.5) is 0 Å². The zero-order valence-electron chi connectivity index (χ0n) is 5.17. The lowest BCUT2D eigenvalue weighted by Crippen LogP contribution is -1.90. The summed E-state index contributed by atoms with van der Waals surface area (Å²) in [5, 5.41) is 0. The largest absolute Gasteiger partial charge is 0.370 e. The third-order valence-electron chi connectivity index (χ3n) is 1.42. The molecule has 1 aromatic heterocycles. The Morgan fingerprint density at radius 1 is 1.50 bits per heavy atom. The summed E-state index contributed by atoms with van der Waals surface area (Å²) < 4.78 is 5.78. The summed E-state index contributed by atoms with van der Waals surface area (Å²) in [4.78, 5) is 8.11. The molecule has 1 aromatic rings. The number of ether oxygens (including phenoxy) is 1. The fraction of sp³-hybridized carbons (Fsp3) is 0.333. The molecule has 3 nitrogen and oxygen atoms in total. The summed E-state index contributed by atoms with van der Waals surface area (Å²) in [6, 6.07) is 0. The highest BCUT2D eigenvalue weighted by Gasteiger charge is 2.12. The Balaban J connectivity index is 2.52. The first-order chi connectivity index (χ1) is 4.86. The molecule has 0 unspecified atom stereocenters. The van der Waals surface area contributed by atoms with E-state index in [4.69, 9.17) is 4.74 Å². The molecule has 1 aliphatic heterocycles. The molecule has 0 saturated carbocycles. The van der Waals surface area contributed by atoms with Gasteiger partial charge in [-0.2, -0.15) is 0 Å². The predicted molar refractivity (Wildman–Crippen MR) is 38.2 cm³/mol. The maximum absolute atomic E-state index is 5.15. The normalized spacial score (nSPS) is 15.3. The van der Waals surface area contributed by atoms with E-state index in [1.807, 2.05) is 0 Å². The molecule has 10 heavy (non-hydrogen) atoms. The van der Waals surface area contributed by atoms with Crippen LogP contribution in [0.2, 0.25) is 0 Å². The number of rotatable bonds is 0. The molecule has 0 N–H and O–H groups in total. The van der Waals surface area contributed by atoms with Gasteiger partial charge in [0.15, 0.2) is 4.73 Å². The van der Waals surface area contributed by atoms with Crippen LogP contribution in [-0.4, -0.2) is 9.97 Å². The topological polar surface area (TPSA) is 35.0 Å². The van der Waals surface area contributed by atoms with Gasteiger partial charge in [-0.1, -0.05) is 0 Å². The van der Waals surface area contributed by atoms with Crippen molar-refractivity contribution >= 4 is 15.9 Å². The van der Waals surface area contributed by atoms with Crippen molar-refractivity contribution < 1.29 is 4.74 Å². The van der Waals surface area contributed by atoms with Crippen LogP contribution >= 0.6 is 15.9 Å². The fourth-order valence-corrected chi connectivity index (χ4v) is 1.24. The van der Waals surface area contributed by atoms with Crippen molar-refractivity contribution in [3.63, 3.8) is 0 Å². The molecule has 0 atom stereocenters. The van der Waals surface area contributed by atoms with E-state index in [9.17, 15) is 0 Å². The average Bonchev–Trinajstić information content (AvgIpc) is 2.33. The van der Waals surface area contributed by atoms with Crippen molar-refractivity contribution in [2.75, 3.05) is 0 Å².